The van der Waals surface area contributed by atoms with E-state index in [2.05, 4.69) is 27.4 Å². The van der Waals surface area contributed by atoms with E-state index in [4.69, 9.17) is 0 Å². The van der Waals surface area contributed by atoms with Crippen LogP contribution in [0, 0.1) is 6.92 Å². The quantitative estimate of drug-likeness (QED) is 0.491. The summed E-state index contributed by atoms with van der Waals surface area (Å²) in [6.07, 6.45) is 0. The average Bonchev–Trinajstić information content (AvgIpc) is 2.74. The molecule has 0 bridgehead atoms. The van der Waals surface area contributed by atoms with Crippen molar-refractivity contribution in [2.24, 2.45) is 0 Å². The van der Waals surface area contributed by atoms with Crippen molar-refractivity contribution in [2.75, 3.05) is 18.0 Å². The van der Waals surface area contributed by atoms with Crippen LogP contribution in [0.3, 0.4) is 0 Å². The molecule has 1 aliphatic rings. The molecule has 0 aliphatic carbocycles. The normalized spacial score (nSPS) is 17.3. The molecule has 1 fully saturated rings. The first kappa shape index (κ1) is 20.7. The first-order valence-corrected chi connectivity index (χ1v) is 11.9. The molecule has 0 spiro atoms. The fourth-order valence-electron chi connectivity index (χ4n) is 3.77. The standard InChI is InChI=1S/C24H23BrN2O2S/c1-18-11-13-23(14-12-18)30(28,29)27-17-24(20-7-6-8-21(25)15-20)26(16-19(27)2)22-9-4-3-5-10-22/h3-15,24H,2,16-17H2,1H3. The summed E-state index contributed by atoms with van der Waals surface area (Å²) in [6.45, 7) is 6.78. The molecule has 3 aromatic rings. The average molecular weight is 483 g/mol. The Bertz CT molecular complexity index is 1160. The highest BCUT2D eigenvalue weighted by Gasteiger charge is 2.36. The molecule has 1 unspecified atom stereocenters. The van der Waals surface area contributed by atoms with Gasteiger partial charge in [0.1, 0.15) is 0 Å². The molecular formula is C24H23BrN2O2S. The third-order valence-corrected chi connectivity index (χ3v) is 7.70. The van der Waals surface area contributed by atoms with Gasteiger partial charge in [-0.2, -0.15) is 0 Å². The van der Waals surface area contributed by atoms with Gasteiger partial charge in [-0.15, -0.1) is 0 Å². The SMILES string of the molecule is C=C1CN(c2ccccc2)C(c2cccc(Br)c2)CN1S(=O)(=O)c1ccc(C)cc1. The molecular weight excluding hydrogens is 460 g/mol. The third-order valence-electron chi connectivity index (χ3n) is 5.35. The highest BCUT2D eigenvalue weighted by atomic mass is 79.9. The summed E-state index contributed by atoms with van der Waals surface area (Å²) >= 11 is 3.55. The van der Waals surface area contributed by atoms with Crippen molar-refractivity contribution in [1.82, 2.24) is 4.31 Å². The van der Waals surface area contributed by atoms with E-state index in [9.17, 15) is 8.42 Å². The number of rotatable bonds is 4. The van der Waals surface area contributed by atoms with Crippen molar-refractivity contribution in [2.45, 2.75) is 17.9 Å². The van der Waals surface area contributed by atoms with E-state index in [1.165, 1.54) is 4.31 Å². The predicted molar refractivity (Wildman–Crippen MR) is 125 cm³/mol. The Morgan fingerprint density at radius 1 is 0.967 bits per heavy atom. The van der Waals surface area contributed by atoms with Crippen molar-refractivity contribution in [3.05, 3.63) is 107 Å². The molecule has 154 valence electrons. The summed E-state index contributed by atoms with van der Waals surface area (Å²) in [5.41, 5.74) is 3.67. The maximum atomic E-state index is 13.4. The molecule has 3 aromatic carbocycles. The van der Waals surface area contributed by atoms with E-state index < -0.39 is 10.0 Å². The number of halogens is 1. The van der Waals surface area contributed by atoms with Crippen LogP contribution in [-0.2, 0) is 10.0 Å². The zero-order chi connectivity index (χ0) is 21.3. The second-order valence-corrected chi connectivity index (χ2v) is 10.2. The summed E-state index contributed by atoms with van der Waals surface area (Å²) in [7, 11) is -3.69. The lowest BCUT2D eigenvalue weighted by molar-refractivity contribution is 0.390. The number of hydrogen-bond donors (Lipinski definition) is 0. The summed E-state index contributed by atoms with van der Waals surface area (Å²) in [4.78, 5) is 2.50. The zero-order valence-electron chi connectivity index (χ0n) is 16.7. The number of nitrogens with zero attached hydrogens (tertiary/aromatic N) is 2. The third kappa shape index (κ3) is 4.02. The number of anilines is 1. The summed E-state index contributed by atoms with van der Waals surface area (Å²) in [5.74, 6) is 0. The van der Waals surface area contributed by atoms with Gasteiger partial charge in [0, 0.05) is 15.9 Å². The van der Waals surface area contributed by atoms with E-state index in [1.807, 2.05) is 73.7 Å². The Labute approximate surface area is 186 Å². The van der Waals surface area contributed by atoms with E-state index in [-0.39, 0.29) is 10.9 Å². The molecule has 1 heterocycles. The molecule has 0 aromatic heterocycles. The number of benzene rings is 3. The van der Waals surface area contributed by atoms with Crippen LogP contribution < -0.4 is 4.90 Å². The van der Waals surface area contributed by atoms with E-state index in [0.29, 0.717) is 18.8 Å². The van der Waals surface area contributed by atoms with Crippen molar-refractivity contribution in [3.8, 4) is 0 Å². The van der Waals surface area contributed by atoms with Crippen LogP contribution in [0.1, 0.15) is 17.2 Å². The smallest absolute Gasteiger partial charge is 0.264 e. The molecule has 0 N–H and O–H groups in total. The molecule has 30 heavy (non-hydrogen) atoms. The number of hydrogen-bond acceptors (Lipinski definition) is 3. The van der Waals surface area contributed by atoms with Crippen LogP contribution >= 0.6 is 15.9 Å². The monoisotopic (exact) mass is 482 g/mol. The second kappa shape index (κ2) is 8.28. The Morgan fingerprint density at radius 2 is 1.67 bits per heavy atom. The Morgan fingerprint density at radius 3 is 2.33 bits per heavy atom. The molecule has 1 aliphatic heterocycles. The van der Waals surface area contributed by atoms with Crippen molar-refractivity contribution in [3.63, 3.8) is 0 Å². The molecule has 4 rings (SSSR count). The van der Waals surface area contributed by atoms with E-state index >= 15 is 0 Å². The lowest BCUT2D eigenvalue weighted by Gasteiger charge is -2.44. The minimum Gasteiger partial charge on any atom is -0.357 e. The number of sulfonamides is 1. The number of aryl methyl sites for hydroxylation is 1. The molecule has 0 radical (unpaired) electrons. The Balaban J connectivity index is 1.76. The summed E-state index contributed by atoms with van der Waals surface area (Å²) in [5, 5.41) is 0. The van der Waals surface area contributed by atoms with Crippen LogP contribution in [0.5, 0.6) is 0 Å². The van der Waals surface area contributed by atoms with Gasteiger partial charge in [0.05, 0.1) is 24.0 Å². The van der Waals surface area contributed by atoms with Crippen molar-refractivity contribution in [1.29, 1.82) is 0 Å². The van der Waals surface area contributed by atoms with Crippen molar-refractivity contribution < 1.29 is 8.42 Å². The van der Waals surface area contributed by atoms with E-state index in [0.717, 1.165) is 21.3 Å². The lowest BCUT2D eigenvalue weighted by Crippen LogP contribution is -2.48. The number of para-hydroxylation sites is 1. The highest BCUT2D eigenvalue weighted by Crippen LogP contribution is 2.36. The van der Waals surface area contributed by atoms with Gasteiger partial charge in [0.2, 0.25) is 0 Å². The minimum absolute atomic E-state index is 0.143. The predicted octanol–water partition coefficient (Wildman–Crippen LogP) is 5.52. The number of piperazine rings is 1. The largest absolute Gasteiger partial charge is 0.357 e. The van der Waals surface area contributed by atoms with Crippen LogP contribution in [0.2, 0.25) is 0 Å². The molecule has 4 nitrogen and oxygen atoms in total. The molecule has 0 saturated carbocycles. The highest BCUT2D eigenvalue weighted by molar-refractivity contribution is 9.10. The van der Waals surface area contributed by atoms with Gasteiger partial charge in [0.25, 0.3) is 10.0 Å². The molecule has 1 saturated heterocycles. The molecule has 0 amide bonds. The fourth-order valence-corrected chi connectivity index (χ4v) is 5.65. The summed E-state index contributed by atoms with van der Waals surface area (Å²) < 4.78 is 29.3. The van der Waals surface area contributed by atoms with Gasteiger partial charge < -0.3 is 4.90 Å². The second-order valence-electron chi connectivity index (χ2n) is 7.45. The van der Waals surface area contributed by atoms with Crippen LogP contribution in [0.25, 0.3) is 0 Å². The molecule has 1 atom stereocenters. The Hall–Kier alpha value is -2.57. The van der Waals surface area contributed by atoms with Gasteiger partial charge in [0.15, 0.2) is 0 Å². The first-order chi connectivity index (χ1) is 14.4. The van der Waals surface area contributed by atoms with Crippen molar-refractivity contribution >= 4 is 31.6 Å². The summed E-state index contributed by atoms with van der Waals surface area (Å²) in [6, 6.07) is 24.9. The Kier molecular flexibility index (Phi) is 5.71. The van der Waals surface area contributed by atoms with Crippen LogP contribution in [0.4, 0.5) is 5.69 Å². The van der Waals surface area contributed by atoms with Gasteiger partial charge in [-0.1, -0.05) is 70.5 Å². The van der Waals surface area contributed by atoms with Crippen LogP contribution in [-0.4, -0.2) is 25.8 Å². The van der Waals surface area contributed by atoms with Crippen LogP contribution in [0.15, 0.2) is 101 Å². The zero-order valence-corrected chi connectivity index (χ0v) is 19.1. The fraction of sp³-hybridized carbons (Fsp3) is 0.167. The maximum absolute atomic E-state index is 13.4. The minimum atomic E-state index is -3.69. The topological polar surface area (TPSA) is 40.6 Å². The van der Waals surface area contributed by atoms with Gasteiger partial charge >= 0.3 is 0 Å². The maximum Gasteiger partial charge on any atom is 0.264 e. The lowest BCUT2D eigenvalue weighted by atomic mass is 10.0. The van der Waals surface area contributed by atoms with Gasteiger partial charge in [-0.05, 0) is 48.9 Å². The van der Waals surface area contributed by atoms with E-state index in [1.54, 1.807) is 12.1 Å². The van der Waals surface area contributed by atoms with Gasteiger partial charge in [-0.25, -0.2) is 8.42 Å². The molecule has 6 heteroatoms. The first-order valence-electron chi connectivity index (χ1n) is 9.70. The van der Waals surface area contributed by atoms with Gasteiger partial charge in [-0.3, -0.25) is 4.31 Å².